The molecule has 2 aromatic carbocycles. The van der Waals surface area contributed by atoms with Crippen LogP contribution < -0.4 is 26.3 Å². The maximum Gasteiger partial charge on any atom is 0.547 e. The van der Waals surface area contributed by atoms with Crippen LogP contribution in [0.5, 0.6) is 5.75 Å². The minimum atomic E-state index is -4.55. The number of aromatic carboxylic acids is 1. The minimum Gasteiger partial charge on any atom is -0.534 e. The van der Waals surface area contributed by atoms with E-state index in [9.17, 15) is 38.9 Å². The van der Waals surface area contributed by atoms with Crippen LogP contribution in [0.4, 0.5) is 5.13 Å². The molecule has 0 aliphatic carbocycles. The van der Waals surface area contributed by atoms with Gasteiger partial charge in [0.1, 0.15) is 17.5 Å². The van der Waals surface area contributed by atoms with E-state index in [4.69, 9.17) is 10.4 Å². The Balaban J connectivity index is 1.60. The van der Waals surface area contributed by atoms with Crippen molar-refractivity contribution in [1.82, 2.24) is 15.6 Å². The lowest BCUT2D eigenvalue weighted by molar-refractivity contribution is -0.123. The van der Waals surface area contributed by atoms with Crippen LogP contribution in [-0.4, -0.2) is 55.7 Å². The minimum absolute atomic E-state index is 0.00741. The number of carboxylic acids is 1. The second kappa shape index (κ2) is 10.3. The van der Waals surface area contributed by atoms with Crippen molar-refractivity contribution in [3.63, 3.8) is 0 Å². The van der Waals surface area contributed by atoms with E-state index in [1.54, 1.807) is 6.07 Å². The molecule has 2 heterocycles. The van der Waals surface area contributed by atoms with Crippen molar-refractivity contribution in [3.05, 3.63) is 70.2 Å². The fourth-order valence-corrected chi connectivity index (χ4v) is 4.82. The number of nitrogens with two attached hydrogens (primary N) is 1. The first kappa shape index (κ1) is 26.3. The molecule has 13 nitrogen and oxygen atoms in total. The smallest absolute Gasteiger partial charge is 0.534 e. The quantitative estimate of drug-likeness (QED) is 0.152. The van der Waals surface area contributed by atoms with Gasteiger partial charge in [-0.3, -0.25) is 14.2 Å². The summed E-state index contributed by atoms with van der Waals surface area (Å²) < 4.78 is 16.9. The van der Waals surface area contributed by atoms with Gasteiger partial charge in [-0.05, 0) is 35.7 Å². The molecule has 0 spiro atoms. The van der Waals surface area contributed by atoms with Crippen molar-refractivity contribution in [2.75, 3.05) is 5.73 Å². The number of carbonyl (C=O) groups excluding carboxylic acids is 2. The number of benzene rings is 2. The van der Waals surface area contributed by atoms with Gasteiger partial charge in [-0.25, -0.2) is 9.78 Å². The molecule has 2 amide bonds. The SMILES string of the molecule is Nc1nc(C(=O)NC(C(=O)N[C@H]2Cc3cccc(C(=O)O)c3OB2O)c2ccc(P(=O)(O)O)cc2)cs1. The van der Waals surface area contributed by atoms with Crippen molar-refractivity contribution < 1.29 is 43.5 Å². The van der Waals surface area contributed by atoms with Crippen LogP contribution in [0.1, 0.15) is 38.0 Å². The fraction of sp³-hybridized carbons (Fsp3) is 0.143. The highest BCUT2D eigenvalue weighted by atomic mass is 32.1. The fourth-order valence-electron chi connectivity index (χ4n) is 3.74. The number of hydrogen-bond donors (Lipinski definition) is 7. The molecule has 3 aromatic rings. The number of aromatic nitrogens is 1. The number of anilines is 1. The van der Waals surface area contributed by atoms with Gasteiger partial charge < -0.3 is 40.9 Å². The average Bonchev–Trinajstić information content (AvgIpc) is 3.28. The molecular weight excluding hydrogens is 526 g/mol. The summed E-state index contributed by atoms with van der Waals surface area (Å²) in [5, 5.41) is 26.2. The zero-order chi connectivity index (χ0) is 26.9. The number of amides is 2. The maximum absolute atomic E-state index is 13.3. The van der Waals surface area contributed by atoms with Gasteiger partial charge in [0.05, 0.1) is 16.8 Å². The zero-order valence-electron chi connectivity index (χ0n) is 18.8. The van der Waals surface area contributed by atoms with Crippen molar-refractivity contribution in [3.8, 4) is 5.75 Å². The summed E-state index contributed by atoms with van der Waals surface area (Å²) in [6.45, 7) is 0. The van der Waals surface area contributed by atoms with Crippen LogP contribution in [-0.2, 0) is 15.8 Å². The summed E-state index contributed by atoms with van der Waals surface area (Å²) in [5.74, 6) is -3.76. The molecule has 0 fully saturated rings. The highest BCUT2D eigenvalue weighted by Crippen LogP contribution is 2.33. The first-order chi connectivity index (χ1) is 17.4. The topological polar surface area (TPSA) is 221 Å². The van der Waals surface area contributed by atoms with E-state index in [0.717, 1.165) is 23.5 Å². The number of para-hydroxylation sites is 1. The van der Waals surface area contributed by atoms with Gasteiger partial charge in [0.15, 0.2) is 5.13 Å². The third kappa shape index (κ3) is 5.82. The third-order valence-corrected chi connectivity index (χ3v) is 7.18. The summed E-state index contributed by atoms with van der Waals surface area (Å²) in [6.07, 6.45) is 0.0315. The number of thiazole rings is 1. The summed E-state index contributed by atoms with van der Waals surface area (Å²) in [7, 11) is -6.14. The molecule has 1 unspecified atom stereocenters. The zero-order valence-corrected chi connectivity index (χ0v) is 20.5. The maximum atomic E-state index is 13.3. The van der Waals surface area contributed by atoms with Crippen LogP contribution >= 0.6 is 18.9 Å². The summed E-state index contributed by atoms with van der Waals surface area (Å²) in [4.78, 5) is 60.1. The molecule has 192 valence electrons. The molecule has 2 atom stereocenters. The Morgan fingerprint density at radius 2 is 1.89 bits per heavy atom. The second-order valence-electron chi connectivity index (χ2n) is 8.04. The molecule has 1 aliphatic heterocycles. The third-order valence-electron chi connectivity index (χ3n) is 5.53. The molecule has 1 aromatic heterocycles. The van der Waals surface area contributed by atoms with Gasteiger partial charge >= 0.3 is 20.7 Å². The molecule has 0 saturated carbocycles. The lowest BCUT2D eigenvalue weighted by atomic mass is 9.72. The van der Waals surface area contributed by atoms with Gasteiger partial charge in [-0.2, -0.15) is 0 Å². The predicted octanol–water partition coefficient (Wildman–Crippen LogP) is -0.163. The number of nitrogens with zero attached hydrogens (tertiary/aromatic N) is 1. The highest BCUT2D eigenvalue weighted by molar-refractivity contribution is 7.60. The Morgan fingerprint density at radius 1 is 1.19 bits per heavy atom. The molecule has 37 heavy (non-hydrogen) atoms. The van der Waals surface area contributed by atoms with E-state index in [1.165, 1.54) is 29.6 Å². The average molecular weight is 546 g/mol. The second-order valence-corrected chi connectivity index (χ2v) is 10.5. The van der Waals surface area contributed by atoms with Crippen molar-refractivity contribution in [2.24, 2.45) is 0 Å². The first-order valence-electron chi connectivity index (χ1n) is 10.6. The van der Waals surface area contributed by atoms with Crippen molar-refractivity contribution in [1.29, 1.82) is 0 Å². The van der Waals surface area contributed by atoms with E-state index in [2.05, 4.69) is 15.6 Å². The lowest BCUT2D eigenvalue weighted by Crippen LogP contribution is -2.55. The largest absolute Gasteiger partial charge is 0.547 e. The van der Waals surface area contributed by atoms with Crippen LogP contribution in [0.2, 0.25) is 0 Å². The number of carbonyl (C=O) groups is 3. The van der Waals surface area contributed by atoms with E-state index in [1.807, 2.05) is 0 Å². The van der Waals surface area contributed by atoms with Crippen LogP contribution in [0.3, 0.4) is 0 Å². The Morgan fingerprint density at radius 3 is 2.49 bits per heavy atom. The van der Waals surface area contributed by atoms with Crippen LogP contribution in [0.25, 0.3) is 0 Å². The number of rotatable bonds is 7. The molecule has 4 rings (SSSR count). The van der Waals surface area contributed by atoms with Gasteiger partial charge in [0, 0.05) is 5.38 Å². The van der Waals surface area contributed by atoms with E-state index in [-0.39, 0.29) is 39.4 Å². The van der Waals surface area contributed by atoms with Gasteiger partial charge in [-0.1, -0.05) is 24.3 Å². The molecule has 0 radical (unpaired) electrons. The first-order valence-corrected chi connectivity index (χ1v) is 13.1. The molecule has 1 aliphatic rings. The Hall–Kier alpha value is -3.75. The molecule has 0 bridgehead atoms. The van der Waals surface area contributed by atoms with Crippen LogP contribution in [0.15, 0.2) is 47.8 Å². The number of hydrogen-bond acceptors (Lipinski definition) is 9. The van der Waals surface area contributed by atoms with Crippen molar-refractivity contribution >= 4 is 54.3 Å². The Labute approximate surface area is 213 Å². The lowest BCUT2D eigenvalue weighted by Gasteiger charge is -2.30. The number of nitrogen functional groups attached to an aromatic ring is 1. The monoisotopic (exact) mass is 546 g/mol. The van der Waals surface area contributed by atoms with Crippen LogP contribution in [0, 0.1) is 0 Å². The van der Waals surface area contributed by atoms with E-state index in [0.29, 0.717) is 5.56 Å². The molecule has 8 N–H and O–H groups in total. The van der Waals surface area contributed by atoms with Crippen molar-refractivity contribution in [2.45, 2.75) is 18.4 Å². The standard InChI is InChI=1S/C21H20BN4O9PS/c23-21-24-14(9-37-21)18(27)26-16(10-4-6-12(7-5-10)36(32,33)34)19(28)25-15-8-11-2-1-3-13(20(29)30)17(11)35-22(15)31/h1-7,9,15-16,31H,8H2,(H2,23,24)(H,25,28)(H,26,27)(H,29,30)(H2,32,33,34)/t15-,16?/m0/s1. The molecule has 16 heteroatoms. The number of carboxylic acid groups (broad SMARTS) is 1. The molecule has 0 saturated heterocycles. The summed E-state index contributed by atoms with van der Waals surface area (Å²) in [5.41, 5.74) is 6.03. The summed E-state index contributed by atoms with van der Waals surface area (Å²) in [6, 6.07) is 7.88. The number of fused-ring (bicyclic) bond motifs is 1. The Kier molecular flexibility index (Phi) is 7.34. The highest BCUT2D eigenvalue weighted by Gasteiger charge is 2.39. The van der Waals surface area contributed by atoms with Gasteiger partial charge in [0.2, 0.25) is 5.91 Å². The number of nitrogens with one attached hydrogen (secondary N) is 2. The van der Waals surface area contributed by atoms with Gasteiger partial charge in [0.25, 0.3) is 5.91 Å². The van der Waals surface area contributed by atoms with E-state index >= 15 is 0 Å². The molecular formula is C21H20BN4O9PS. The summed E-state index contributed by atoms with van der Waals surface area (Å²) >= 11 is 1.02. The van der Waals surface area contributed by atoms with E-state index < -0.39 is 44.5 Å². The predicted molar refractivity (Wildman–Crippen MR) is 132 cm³/mol. The van der Waals surface area contributed by atoms with Gasteiger partial charge in [-0.15, -0.1) is 11.3 Å². The Bertz CT molecular complexity index is 1410. The normalized spacial score (nSPS) is 15.8.